The standard InChI is InChI=1S/C28H15ClO3/c29-20-10-9-18(26-21(30)11-12-23-27(26)17-7-3-4-8-22(17)31-23)28-25(20)19-13-15-5-1-2-6-16(15)14-24(19)32-28/h1-14,30H. The number of halogens is 1. The van der Waals surface area contributed by atoms with Crippen LogP contribution in [0, 0.1) is 0 Å². The molecule has 0 saturated carbocycles. The Labute approximate surface area is 187 Å². The fourth-order valence-corrected chi connectivity index (χ4v) is 5.05. The second-order valence-electron chi connectivity index (χ2n) is 8.03. The van der Waals surface area contributed by atoms with E-state index in [0.29, 0.717) is 21.8 Å². The van der Waals surface area contributed by atoms with Crippen molar-refractivity contribution in [2.24, 2.45) is 0 Å². The van der Waals surface area contributed by atoms with Crippen molar-refractivity contribution >= 4 is 66.3 Å². The van der Waals surface area contributed by atoms with Crippen LogP contribution in [0.3, 0.4) is 0 Å². The van der Waals surface area contributed by atoms with Crippen LogP contribution >= 0.6 is 11.6 Å². The number of benzene rings is 5. The lowest BCUT2D eigenvalue weighted by atomic mass is 9.96. The van der Waals surface area contributed by atoms with Crippen LogP contribution in [0.15, 0.2) is 93.8 Å². The highest BCUT2D eigenvalue weighted by Crippen LogP contribution is 2.47. The minimum atomic E-state index is 0.165. The fourth-order valence-electron chi connectivity index (χ4n) is 4.80. The molecule has 3 nitrogen and oxygen atoms in total. The molecule has 32 heavy (non-hydrogen) atoms. The Bertz CT molecular complexity index is 1860. The maximum Gasteiger partial charge on any atom is 0.144 e. The highest BCUT2D eigenvalue weighted by molar-refractivity contribution is 6.39. The minimum Gasteiger partial charge on any atom is -0.507 e. The molecule has 2 heterocycles. The van der Waals surface area contributed by atoms with Crippen molar-refractivity contribution in [1.29, 1.82) is 0 Å². The number of aromatic hydroxyl groups is 1. The molecule has 0 aliphatic heterocycles. The molecule has 0 radical (unpaired) electrons. The molecule has 0 amide bonds. The van der Waals surface area contributed by atoms with E-state index >= 15 is 0 Å². The van der Waals surface area contributed by atoms with Gasteiger partial charge in [-0.2, -0.15) is 0 Å². The topological polar surface area (TPSA) is 46.5 Å². The van der Waals surface area contributed by atoms with Gasteiger partial charge in [-0.05, 0) is 53.2 Å². The van der Waals surface area contributed by atoms with E-state index in [1.807, 2.05) is 54.6 Å². The molecule has 0 bridgehead atoms. The monoisotopic (exact) mass is 434 g/mol. The van der Waals surface area contributed by atoms with Gasteiger partial charge in [0.2, 0.25) is 0 Å². The molecule has 5 aromatic carbocycles. The number of phenols is 1. The van der Waals surface area contributed by atoms with Gasteiger partial charge < -0.3 is 13.9 Å². The molecule has 152 valence electrons. The van der Waals surface area contributed by atoms with Gasteiger partial charge >= 0.3 is 0 Å². The second-order valence-corrected chi connectivity index (χ2v) is 8.43. The minimum absolute atomic E-state index is 0.165. The maximum absolute atomic E-state index is 11.0. The molecule has 7 rings (SSSR count). The molecule has 0 saturated heterocycles. The number of para-hydroxylation sites is 1. The normalized spacial score (nSPS) is 12.0. The fraction of sp³-hybridized carbons (Fsp3) is 0. The summed E-state index contributed by atoms with van der Waals surface area (Å²) in [7, 11) is 0. The quantitative estimate of drug-likeness (QED) is 0.281. The SMILES string of the molecule is Oc1ccc2oc3ccccc3c2c1-c1ccc(Cl)c2c1oc1cc3ccccc3cc12. The summed E-state index contributed by atoms with van der Waals surface area (Å²) in [5, 5.41) is 17.4. The lowest BCUT2D eigenvalue weighted by Crippen LogP contribution is -1.83. The zero-order valence-corrected chi connectivity index (χ0v) is 17.5. The Balaban J connectivity index is 1.66. The Hall–Kier alpha value is -3.95. The first-order chi connectivity index (χ1) is 15.7. The smallest absolute Gasteiger partial charge is 0.144 e. The summed E-state index contributed by atoms with van der Waals surface area (Å²) >= 11 is 6.68. The maximum atomic E-state index is 11.0. The summed E-state index contributed by atoms with van der Waals surface area (Å²) in [6.07, 6.45) is 0. The molecule has 1 N–H and O–H groups in total. The molecule has 4 heteroatoms. The number of fused-ring (bicyclic) bond motifs is 7. The average molecular weight is 435 g/mol. The number of furan rings is 2. The van der Waals surface area contributed by atoms with E-state index in [4.69, 9.17) is 20.4 Å². The van der Waals surface area contributed by atoms with Crippen LogP contribution in [0.25, 0.3) is 65.8 Å². The molecule has 0 aliphatic rings. The van der Waals surface area contributed by atoms with Crippen LogP contribution in [-0.4, -0.2) is 5.11 Å². The van der Waals surface area contributed by atoms with Gasteiger partial charge in [-0.3, -0.25) is 0 Å². The molecule has 2 aromatic heterocycles. The number of phenolic OH excluding ortho intramolecular Hbond substituents is 1. The Kier molecular flexibility index (Phi) is 3.48. The number of rotatable bonds is 1. The van der Waals surface area contributed by atoms with E-state index in [1.165, 1.54) is 0 Å². The highest BCUT2D eigenvalue weighted by atomic mass is 35.5. The molecule has 0 aliphatic carbocycles. The molecular formula is C28H15ClO3. The Morgan fingerprint density at radius 2 is 1.41 bits per heavy atom. The van der Waals surface area contributed by atoms with Gasteiger partial charge in [-0.15, -0.1) is 0 Å². The zero-order valence-electron chi connectivity index (χ0n) is 16.7. The summed E-state index contributed by atoms with van der Waals surface area (Å²) in [5.74, 6) is 0.165. The summed E-state index contributed by atoms with van der Waals surface area (Å²) in [6, 6.07) is 27.4. The van der Waals surface area contributed by atoms with Gasteiger partial charge in [0.15, 0.2) is 0 Å². The van der Waals surface area contributed by atoms with Crippen molar-refractivity contribution in [3.8, 4) is 16.9 Å². The van der Waals surface area contributed by atoms with Gasteiger partial charge in [-0.1, -0.05) is 54.1 Å². The summed E-state index contributed by atoms with van der Waals surface area (Å²) in [5.41, 5.74) is 4.35. The van der Waals surface area contributed by atoms with E-state index in [1.54, 1.807) is 12.1 Å². The van der Waals surface area contributed by atoms with E-state index in [0.717, 1.165) is 49.0 Å². The van der Waals surface area contributed by atoms with Gasteiger partial charge in [0, 0.05) is 32.7 Å². The highest BCUT2D eigenvalue weighted by Gasteiger charge is 2.22. The molecular weight excluding hydrogens is 420 g/mol. The average Bonchev–Trinajstić information content (AvgIpc) is 3.37. The summed E-state index contributed by atoms with van der Waals surface area (Å²) < 4.78 is 12.4. The molecule has 0 unspecified atom stereocenters. The van der Waals surface area contributed by atoms with Crippen LogP contribution < -0.4 is 0 Å². The van der Waals surface area contributed by atoms with Crippen LogP contribution in [0.5, 0.6) is 5.75 Å². The van der Waals surface area contributed by atoms with Crippen molar-refractivity contribution in [3.63, 3.8) is 0 Å². The van der Waals surface area contributed by atoms with Crippen LogP contribution in [-0.2, 0) is 0 Å². The van der Waals surface area contributed by atoms with E-state index < -0.39 is 0 Å². The van der Waals surface area contributed by atoms with E-state index in [2.05, 4.69) is 18.2 Å². The Morgan fingerprint density at radius 3 is 2.28 bits per heavy atom. The third-order valence-electron chi connectivity index (χ3n) is 6.23. The third-order valence-corrected chi connectivity index (χ3v) is 6.54. The second kappa shape index (κ2) is 6.28. The van der Waals surface area contributed by atoms with Gasteiger partial charge in [0.25, 0.3) is 0 Å². The third kappa shape index (κ3) is 2.31. The van der Waals surface area contributed by atoms with E-state index in [9.17, 15) is 5.11 Å². The number of hydrogen-bond acceptors (Lipinski definition) is 3. The first kappa shape index (κ1) is 17.7. The van der Waals surface area contributed by atoms with Gasteiger partial charge in [-0.25, -0.2) is 0 Å². The molecule has 0 atom stereocenters. The summed E-state index contributed by atoms with van der Waals surface area (Å²) in [6.45, 7) is 0. The molecule has 7 aromatic rings. The van der Waals surface area contributed by atoms with Crippen molar-refractivity contribution in [3.05, 3.63) is 90.0 Å². The lowest BCUT2D eigenvalue weighted by molar-refractivity contribution is 0.477. The number of hydrogen-bond donors (Lipinski definition) is 1. The van der Waals surface area contributed by atoms with Crippen LogP contribution in [0.1, 0.15) is 0 Å². The first-order valence-electron chi connectivity index (χ1n) is 10.4. The molecule has 0 fully saturated rings. The lowest BCUT2D eigenvalue weighted by Gasteiger charge is -2.08. The predicted octanol–water partition coefficient (Wildman–Crippen LogP) is 8.66. The van der Waals surface area contributed by atoms with Gasteiger partial charge in [0.05, 0.1) is 5.02 Å². The van der Waals surface area contributed by atoms with Gasteiger partial charge in [0.1, 0.15) is 28.1 Å². The first-order valence-corrected chi connectivity index (χ1v) is 10.7. The van der Waals surface area contributed by atoms with Crippen molar-refractivity contribution < 1.29 is 13.9 Å². The zero-order chi connectivity index (χ0) is 21.4. The Morgan fingerprint density at radius 1 is 0.625 bits per heavy atom. The molecule has 0 spiro atoms. The summed E-state index contributed by atoms with van der Waals surface area (Å²) in [4.78, 5) is 0. The van der Waals surface area contributed by atoms with Crippen molar-refractivity contribution in [2.75, 3.05) is 0 Å². The largest absolute Gasteiger partial charge is 0.507 e. The predicted molar refractivity (Wildman–Crippen MR) is 131 cm³/mol. The van der Waals surface area contributed by atoms with Crippen LogP contribution in [0.2, 0.25) is 5.02 Å². The van der Waals surface area contributed by atoms with Crippen LogP contribution in [0.4, 0.5) is 0 Å². The van der Waals surface area contributed by atoms with Crippen molar-refractivity contribution in [1.82, 2.24) is 0 Å². The van der Waals surface area contributed by atoms with Crippen molar-refractivity contribution in [2.45, 2.75) is 0 Å². The van der Waals surface area contributed by atoms with E-state index in [-0.39, 0.29) is 5.75 Å².